The first-order chi connectivity index (χ1) is 35.9. The Balaban J connectivity index is 0.000000476. The third-order valence-electron chi connectivity index (χ3n) is 12.3. The highest BCUT2D eigenvalue weighted by Crippen LogP contribution is 2.17. The number of hydrogen-bond donors (Lipinski definition) is 0. The summed E-state index contributed by atoms with van der Waals surface area (Å²) < 4.78 is 0. The minimum Gasteiger partial charge on any atom is -0.245 e. The van der Waals surface area contributed by atoms with Crippen LogP contribution in [-0.4, -0.2) is 49.8 Å². The molecule has 76 heavy (non-hydrogen) atoms. The third kappa shape index (κ3) is 37.2. The predicted octanol–water partition coefficient (Wildman–Crippen LogP) is 16.7. The maximum absolute atomic E-state index is 4.61. The lowest BCUT2D eigenvalue weighted by molar-refractivity contribution is 0.564. The molecule has 5 aromatic heterocycles. The molecule has 0 saturated heterocycles. The number of rotatable bonds is 26. The van der Waals surface area contributed by atoms with Gasteiger partial charge in [0.05, 0.1) is 0 Å². The van der Waals surface area contributed by atoms with Gasteiger partial charge < -0.3 is 0 Å². The van der Waals surface area contributed by atoms with Gasteiger partial charge in [-0.25, -0.2) is 49.8 Å². The van der Waals surface area contributed by atoms with Crippen molar-refractivity contribution in [3.8, 4) is 0 Å². The van der Waals surface area contributed by atoms with Crippen LogP contribution in [0.4, 0.5) is 0 Å². The van der Waals surface area contributed by atoms with Gasteiger partial charge in [0.2, 0.25) is 0 Å². The third-order valence-corrected chi connectivity index (χ3v) is 12.3. The maximum atomic E-state index is 4.61. The summed E-state index contributed by atoms with van der Waals surface area (Å²) in [6, 6.07) is 2.04. The summed E-state index contributed by atoms with van der Waals surface area (Å²) in [5, 5.41) is 0. The summed E-state index contributed by atoms with van der Waals surface area (Å²) in [6.07, 6.45) is 34.9. The van der Waals surface area contributed by atoms with E-state index in [4.69, 9.17) is 0 Å². The van der Waals surface area contributed by atoms with Crippen molar-refractivity contribution in [1.82, 2.24) is 49.8 Å². The molecule has 0 aromatic carbocycles. The first kappa shape index (κ1) is 69.4. The minimum atomic E-state index is 0.631. The lowest BCUT2D eigenvalue weighted by Gasteiger charge is -2.11. The number of hydrogen-bond acceptors (Lipinski definition) is 10. The lowest BCUT2D eigenvalue weighted by Crippen LogP contribution is -2.05. The SMILES string of the molecule is CC(C)CCc1ccnc(CCC(C)C)n1.CC(C)CCc1cnc(CCC(C)C)nc1.CC(C)CCc1cncnc1CCC(C)C.CC(C)Cc1cnc(CC(C)C)nc1.CC(C)Cc1cncnc1CC(C)C. The summed E-state index contributed by atoms with van der Waals surface area (Å²) in [6.45, 7) is 44.7. The Morgan fingerprint density at radius 1 is 0.303 bits per heavy atom. The van der Waals surface area contributed by atoms with Crippen LogP contribution < -0.4 is 0 Å². The molecule has 0 fully saturated rings. The van der Waals surface area contributed by atoms with Crippen molar-refractivity contribution < 1.29 is 0 Å². The molecule has 0 amide bonds. The van der Waals surface area contributed by atoms with Gasteiger partial charge in [-0.3, -0.25) is 0 Å². The second kappa shape index (κ2) is 40.6. The van der Waals surface area contributed by atoms with E-state index in [2.05, 4.69) is 188 Å². The standard InChI is InChI=1S/3C14H24N2.2C12H20N2/c1-11(2)5-7-13-9-15-10-16-14(13)8-6-12(3)4;1-11(2)5-7-13-9-15-14(16-10-13)8-6-12(3)4;1-11(2)5-7-13-9-10-15-14(16-13)8-6-12(3)4;1-9(2)5-11-7-13-8-14-12(11)6-10(3)4;1-9(2)5-11-7-13-12(14-8-11)6-10(3)4/h3*9-12H,5-8H2,1-4H3;2*7-10H,5-6H2,1-4H3. The largest absolute Gasteiger partial charge is 0.245 e. The fourth-order valence-corrected chi connectivity index (χ4v) is 7.75. The fourth-order valence-electron chi connectivity index (χ4n) is 7.75. The summed E-state index contributed by atoms with van der Waals surface area (Å²) in [7, 11) is 0. The van der Waals surface area contributed by atoms with Gasteiger partial charge >= 0.3 is 0 Å². The molecule has 0 N–H and O–H groups in total. The molecule has 0 bridgehead atoms. The van der Waals surface area contributed by atoms with Crippen LogP contribution in [0.3, 0.4) is 0 Å². The van der Waals surface area contributed by atoms with Crippen LogP contribution in [-0.2, 0) is 64.2 Å². The van der Waals surface area contributed by atoms with E-state index in [9.17, 15) is 0 Å². The second-order valence-electron chi connectivity index (χ2n) is 25.5. The molecule has 0 saturated carbocycles. The van der Waals surface area contributed by atoms with Crippen molar-refractivity contribution in [2.45, 2.75) is 241 Å². The van der Waals surface area contributed by atoms with Gasteiger partial charge in [-0.05, 0) is 171 Å². The zero-order valence-electron chi connectivity index (χ0n) is 52.3. The Kier molecular flexibility index (Phi) is 37.1. The average Bonchev–Trinajstić information content (AvgIpc) is 3.34. The van der Waals surface area contributed by atoms with Crippen molar-refractivity contribution in [3.63, 3.8) is 0 Å². The van der Waals surface area contributed by atoms with Crippen molar-refractivity contribution in [2.24, 2.45) is 59.2 Å². The molecule has 10 nitrogen and oxygen atoms in total. The van der Waals surface area contributed by atoms with E-state index in [-0.39, 0.29) is 0 Å². The van der Waals surface area contributed by atoms with Crippen LogP contribution in [0.25, 0.3) is 0 Å². The van der Waals surface area contributed by atoms with Gasteiger partial charge in [0.25, 0.3) is 0 Å². The predicted molar refractivity (Wildman–Crippen MR) is 323 cm³/mol. The molecule has 0 spiro atoms. The zero-order valence-corrected chi connectivity index (χ0v) is 52.3. The second-order valence-corrected chi connectivity index (χ2v) is 25.5. The zero-order chi connectivity index (χ0) is 57.0. The molecular formula is C66H112N10. The van der Waals surface area contributed by atoms with Gasteiger partial charge in [-0.2, -0.15) is 0 Å². The van der Waals surface area contributed by atoms with E-state index >= 15 is 0 Å². The van der Waals surface area contributed by atoms with Gasteiger partial charge in [0.15, 0.2) is 0 Å². The molecule has 0 unspecified atom stereocenters. The quantitative estimate of drug-likeness (QED) is 0.0528. The Labute approximate surface area is 467 Å². The van der Waals surface area contributed by atoms with Crippen LogP contribution >= 0.6 is 0 Å². The van der Waals surface area contributed by atoms with Crippen LogP contribution in [0.5, 0.6) is 0 Å². The number of aryl methyl sites for hydroxylation is 6. The Hall–Kier alpha value is -4.60. The minimum absolute atomic E-state index is 0.631. The van der Waals surface area contributed by atoms with Crippen molar-refractivity contribution in [3.05, 3.63) is 119 Å². The van der Waals surface area contributed by atoms with Crippen molar-refractivity contribution >= 4 is 0 Å². The smallest absolute Gasteiger partial charge is 0.128 e. The highest BCUT2D eigenvalue weighted by atomic mass is 14.9. The van der Waals surface area contributed by atoms with E-state index in [1.165, 1.54) is 77.9 Å². The van der Waals surface area contributed by atoms with E-state index < -0.39 is 0 Å². The van der Waals surface area contributed by atoms with Crippen LogP contribution in [0.1, 0.15) is 234 Å². The molecular weight excluding hydrogens is 933 g/mol. The normalized spacial score (nSPS) is 11.3. The van der Waals surface area contributed by atoms with E-state index in [0.29, 0.717) is 23.7 Å². The van der Waals surface area contributed by atoms with E-state index in [1.54, 1.807) is 12.7 Å². The average molecular weight is 1050 g/mol. The molecule has 0 aliphatic rings. The molecule has 0 radical (unpaired) electrons. The molecule has 5 heterocycles. The van der Waals surface area contributed by atoms with Gasteiger partial charge in [0.1, 0.15) is 30.1 Å². The summed E-state index contributed by atoms with van der Waals surface area (Å²) in [5.41, 5.74) is 8.85. The highest BCUT2D eigenvalue weighted by Gasteiger charge is 2.10. The van der Waals surface area contributed by atoms with Gasteiger partial charge in [-0.1, -0.05) is 138 Å². The number of aromatic nitrogens is 10. The van der Waals surface area contributed by atoms with Gasteiger partial charge in [-0.15, -0.1) is 0 Å². The van der Waals surface area contributed by atoms with Crippen LogP contribution in [0.15, 0.2) is 62.1 Å². The van der Waals surface area contributed by atoms with Gasteiger partial charge in [0, 0.05) is 79.7 Å². The topological polar surface area (TPSA) is 129 Å². The molecule has 10 heteroatoms. The first-order valence-corrected chi connectivity index (χ1v) is 29.9. The first-order valence-electron chi connectivity index (χ1n) is 29.9. The molecule has 426 valence electrons. The number of nitrogens with zero attached hydrogens (tertiary/aromatic N) is 10. The molecule has 5 aromatic rings. The Bertz CT molecular complexity index is 2010. The molecule has 0 atom stereocenters. The van der Waals surface area contributed by atoms with Crippen LogP contribution in [0.2, 0.25) is 0 Å². The fraction of sp³-hybridized carbons (Fsp3) is 0.697. The lowest BCUT2D eigenvalue weighted by atomic mass is 9.98. The van der Waals surface area contributed by atoms with Crippen LogP contribution in [0, 0.1) is 59.2 Å². The summed E-state index contributed by atoms with van der Waals surface area (Å²) in [5.74, 6) is 10.0. The van der Waals surface area contributed by atoms with Crippen molar-refractivity contribution in [1.29, 1.82) is 0 Å². The highest BCUT2D eigenvalue weighted by molar-refractivity contribution is 5.18. The molecule has 5 rings (SSSR count). The summed E-state index contributed by atoms with van der Waals surface area (Å²) in [4.78, 5) is 43.5. The molecule has 0 aliphatic heterocycles. The summed E-state index contributed by atoms with van der Waals surface area (Å²) >= 11 is 0. The van der Waals surface area contributed by atoms with E-state index in [0.717, 1.165) is 117 Å². The van der Waals surface area contributed by atoms with Crippen molar-refractivity contribution in [2.75, 3.05) is 0 Å². The monoisotopic (exact) mass is 1040 g/mol. The Morgan fingerprint density at radius 3 is 1.24 bits per heavy atom. The van der Waals surface area contributed by atoms with E-state index in [1.807, 2.05) is 49.4 Å². The molecule has 0 aliphatic carbocycles. The Morgan fingerprint density at radius 2 is 0.724 bits per heavy atom. The maximum Gasteiger partial charge on any atom is 0.128 e.